The van der Waals surface area contributed by atoms with E-state index in [2.05, 4.69) is 6.92 Å². The van der Waals surface area contributed by atoms with E-state index < -0.39 is 0 Å². The molecule has 0 aliphatic heterocycles. The van der Waals surface area contributed by atoms with Gasteiger partial charge in [0.05, 0.1) is 0 Å². The first-order chi connectivity index (χ1) is 6.66. The molecule has 0 amide bonds. The molecule has 2 nitrogen and oxygen atoms in total. The molecule has 82 valence electrons. The average Bonchev–Trinajstić information content (AvgIpc) is 2.10. The number of esters is 1. The average molecular weight is 198 g/mol. The van der Waals surface area contributed by atoms with Crippen LogP contribution in [0.1, 0.15) is 59.3 Å². The number of carbonyl (C=O) groups excluding carboxylic acids is 1. The summed E-state index contributed by atoms with van der Waals surface area (Å²) in [6.45, 7) is 5.47. The van der Waals surface area contributed by atoms with E-state index >= 15 is 0 Å². The Hall–Kier alpha value is -0.790. The van der Waals surface area contributed by atoms with Gasteiger partial charge < -0.3 is 4.74 Å². The summed E-state index contributed by atoms with van der Waals surface area (Å²) in [5.74, 6) is 0.498. The summed E-state index contributed by atoms with van der Waals surface area (Å²) in [6.07, 6.45) is 9.40. The van der Waals surface area contributed by atoms with Crippen LogP contribution >= 0.6 is 0 Å². The van der Waals surface area contributed by atoms with E-state index in [9.17, 15) is 4.79 Å². The molecular formula is C12H22O2. The van der Waals surface area contributed by atoms with Gasteiger partial charge in [-0.05, 0) is 25.8 Å². The maximum absolute atomic E-state index is 10.6. The van der Waals surface area contributed by atoms with Crippen LogP contribution in [0.5, 0.6) is 0 Å². The van der Waals surface area contributed by atoms with Gasteiger partial charge in [-0.3, -0.25) is 4.79 Å². The maximum Gasteiger partial charge on any atom is 0.307 e. The highest BCUT2D eigenvalue weighted by Crippen LogP contribution is 2.07. The lowest BCUT2D eigenvalue weighted by molar-refractivity contribution is -0.136. The molecule has 0 spiro atoms. The van der Waals surface area contributed by atoms with Gasteiger partial charge >= 0.3 is 5.97 Å². The number of ether oxygens (including phenoxy) is 1. The summed E-state index contributed by atoms with van der Waals surface area (Å²) in [6, 6.07) is 0. The lowest BCUT2D eigenvalue weighted by atomic mass is 10.1. The second kappa shape index (κ2) is 8.79. The Balaban J connectivity index is 3.36. The molecule has 0 unspecified atom stereocenters. The van der Waals surface area contributed by atoms with Gasteiger partial charge in [0.2, 0.25) is 0 Å². The van der Waals surface area contributed by atoms with Crippen molar-refractivity contribution in [2.45, 2.75) is 59.3 Å². The van der Waals surface area contributed by atoms with Crippen molar-refractivity contribution >= 4 is 5.97 Å². The van der Waals surface area contributed by atoms with Crippen LogP contribution in [0.2, 0.25) is 0 Å². The topological polar surface area (TPSA) is 26.3 Å². The predicted molar refractivity (Wildman–Crippen MR) is 58.9 cm³/mol. The summed E-state index contributed by atoms with van der Waals surface area (Å²) >= 11 is 0. The highest BCUT2D eigenvalue weighted by Gasteiger charge is 1.94. The van der Waals surface area contributed by atoms with E-state index in [1.807, 2.05) is 13.0 Å². The van der Waals surface area contributed by atoms with Crippen molar-refractivity contribution in [3.05, 3.63) is 11.8 Å². The highest BCUT2D eigenvalue weighted by molar-refractivity contribution is 5.67. The molecule has 0 heterocycles. The fraction of sp³-hybridized carbons (Fsp3) is 0.750. The molecule has 14 heavy (non-hydrogen) atoms. The molecule has 0 radical (unpaired) electrons. The van der Waals surface area contributed by atoms with Crippen molar-refractivity contribution < 1.29 is 9.53 Å². The first kappa shape index (κ1) is 13.2. The number of allylic oxidation sites excluding steroid dienone is 2. The Morgan fingerprint density at radius 2 is 1.79 bits per heavy atom. The quantitative estimate of drug-likeness (QED) is 0.353. The van der Waals surface area contributed by atoms with E-state index in [-0.39, 0.29) is 5.97 Å². The van der Waals surface area contributed by atoms with E-state index in [4.69, 9.17) is 4.74 Å². The Bertz CT molecular complexity index is 183. The molecule has 0 aliphatic rings. The lowest BCUT2D eigenvalue weighted by Gasteiger charge is -2.00. The molecular weight excluding hydrogens is 176 g/mol. The Morgan fingerprint density at radius 3 is 2.36 bits per heavy atom. The fourth-order valence-electron chi connectivity index (χ4n) is 1.32. The zero-order valence-electron chi connectivity index (χ0n) is 9.64. The molecule has 0 atom stereocenters. The molecule has 0 aromatic rings. The fourth-order valence-corrected chi connectivity index (χ4v) is 1.32. The van der Waals surface area contributed by atoms with E-state index in [0.29, 0.717) is 0 Å². The molecule has 0 N–H and O–H groups in total. The van der Waals surface area contributed by atoms with E-state index in [1.165, 1.54) is 39.0 Å². The summed E-state index contributed by atoms with van der Waals surface area (Å²) in [5, 5.41) is 0. The van der Waals surface area contributed by atoms with Crippen LogP contribution in [-0.2, 0) is 9.53 Å². The van der Waals surface area contributed by atoms with Crippen LogP contribution < -0.4 is 0 Å². The SMILES string of the molecule is CCCCCCCC=C(C)OC(C)=O. The third-order valence-electron chi connectivity index (χ3n) is 2.04. The van der Waals surface area contributed by atoms with Crippen LogP contribution in [0.25, 0.3) is 0 Å². The van der Waals surface area contributed by atoms with Crippen molar-refractivity contribution in [1.82, 2.24) is 0 Å². The molecule has 0 fully saturated rings. The van der Waals surface area contributed by atoms with Gasteiger partial charge in [0.25, 0.3) is 0 Å². The van der Waals surface area contributed by atoms with Crippen LogP contribution in [0.15, 0.2) is 11.8 Å². The van der Waals surface area contributed by atoms with Crippen LogP contribution in [0.3, 0.4) is 0 Å². The molecule has 0 saturated carbocycles. The minimum atomic E-state index is -0.232. The number of hydrogen-bond donors (Lipinski definition) is 0. The van der Waals surface area contributed by atoms with Crippen molar-refractivity contribution in [1.29, 1.82) is 0 Å². The molecule has 0 aromatic carbocycles. The van der Waals surface area contributed by atoms with Gasteiger partial charge in [0, 0.05) is 6.92 Å². The molecule has 0 aromatic heterocycles. The minimum absolute atomic E-state index is 0.232. The summed E-state index contributed by atoms with van der Waals surface area (Å²) in [4.78, 5) is 10.6. The number of unbranched alkanes of at least 4 members (excludes halogenated alkanes) is 5. The minimum Gasteiger partial charge on any atom is -0.432 e. The van der Waals surface area contributed by atoms with Crippen molar-refractivity contribution in [2.75, 3.05) is 0 Å². The van der Waals surface area contributed by atoms with Gasteiger partial charge in [-0.15, -0.1) is 0 Å². The Labute approximate surface area is 87.3 Å². The van der Waals surface area contributed by atoms with Crippen molar-refractivity contribution in [3.63, 3.8) is 0 Å². The summed E-state index contributed by atoms with van der Waals surface area (Å²) in [5.41, 5.74) is 0. The summed E-state index contributed by atoms with van der Waals surface area (Å²) < 4.78 is 4.90. The second-order valence-corrected chi connectivity index (χ2v) is 3.61. The number of rotatable bonds is 7. The van der Waals surface area contributed by atoms with Crippen LogP contribution in [0, 0.1) is 0 Å². The smallest absolute Gasteiger partial charge is 0.307 e. The zero-order chi connectivity index (χ0) is 10.8. The van der Waals surface area contributed by atoms with Crippen LogP contribution in [0.4, 0.5) is 0 Å². The lowest BCUT2D eigenvalue weighted by Crippen LogP contribution is -1.95. The molecule has 2 heteroatoms. The van der Waals surface area contributed by atoms with Crippen molar-refractivity contribution in [3.8, 4) is 0 Å². The predicted octanol–water partition coefficient (Wildman–Crippen LogP) is 3.81. The normalized spacial score (nSPS) is 11.5. The van der Waals surface area contributed by atoms with Gasteiger partial charge in [-0.25, -0.2) is 0 Å². The Kier molecular flexibility index (Phi) is 8.30. The van der Waals surface area contributed by atoms with Gasteiger partial charge in [0.1, 0.15) is 5.76 Å². The number of carbonyl (C=O) groups is 1. The largest absolute Gasteiger partial charge is 0.432 e. The second-order valence-electron chi connectivity index (χ2n) is 3.61. The van der Waals surface area contributed by atoms with Gasteiger partial charge in [0.15, 0.2) is 0 Å². The highest BCUT2D eigenvalue weighted by atomic mass is 16.5. The molecule has 0 rings (SSSR count). The van der Waals surface area contributed by atoms with E-state index in [0.717, 1.165) is 12.2 Å². The monoisotopic (exact) mass is 198 g/mol. The third kappa shape index (κ3) is 9.30. The van der Waals surface area contributed by atoms with Gasteiger partial charge in [-0.2, -0.15) is 0 Å². The zero-order valence-corrected chi connectivity index (χ0v) is 9.64. The van der Waals surface area contributed by atoms with Gasteiger partial charge in [-0.1, -0.05) is 32.6 Å². The molecule has 0 saturated heterocycles. The summed E-state index contributed by atoms with van der Waals surface area (Å²) in [7, 11) is 0. The first-order valence-corrected chi connectivity index (χ1v) is 5.52. The molecule has 0 bridgehead atoms. The van der Waals surface area contributed by atoms with Crippen molar-refractivity contribution in [2.24, 2.45) is 0 Å². The third-order valence-corrected chi connectivity index (χ3v) is 2.04. The Morgan fingerprint density at radius 1 is 1.14 bits per heavy atom. The number of hydrogen-bond acceptors (Lipinski definition) is 2. The first-order valence-electron chi connectivity index (χ1n) is 5.52. The standard InChI is InChI=1S/C12H22O2/c1-4-5-6-7-8-9-10-11(2)14-12(3)13/h10H,4-9H2,1-3H3. The molecule has 0 aliphatic carbocycles. The van der Waals surface area contributed by atoms with Crippen LogP contribution in [-0.4, -0.2) is 5.97 Å². The van der Waals surface area contributed by atoms with E-state index in [1.54, 1.807) is 0 Å². The maximum atomic E-state index is 10.6.